The molecule has 4 unspecified atom stereocenters. The number of hydrogen-bond donors (Lipinski definition) is 0. The zero-order chi connectivity index (χ0) is 10.5. The molecule has 4 atom stereocenters. The van der Waals surface area contributed by atoms with Gasteiger partial charge in [0.2, 0.25) is 0 Å². The van der Waals surface area contributed by atoms with E-state index < -0.39 is 0 Å². The molecule has 0 heteroatoms. The normalized spacial score (nSPS) is 42.1. The number of benzene rings is 1. The standard InChI is InChI=1S/C16H18/c1-2-4-11(5-3-1)8-14-10-15-12-6-7-13(9-12)16(14)15/h1-5,8,12-13,15-16H,6-7,9-10H2/b14-8+. The molecule has 0 saturated heterocycles. The summed E-state index contributed by atoms with van der Waals surface area (Å²) in [5.41, 5.74) is 3.15. The molecule has 3 aliphatic rings. The van der Waals surface area contributed by atoms with E-state index in [2.05, 4.69) is 36.4 Å². The maximum absolute atomic E-state index is 2.46. The predicted molar refractivity (Wildman–Crippen MR) is 66.8 cm³/mol. The van der Waals surface area contributed by atoms with Crippen LogP contribution < -0.4 is 0 Å². The highest BCUT2D eigenvalue weighted by Crippen LogP contribution is 2.63. The minimum Gasteiger partial charge on any atom is -0.0656 e. The minimum atomic E-state index is 0.985. The molecule has 3 aliphatic carbocycles. The predicted octanol–water partition coefficient (Wildman–Crippen LogP) is 4.14. The lowest BCUT2D eigenvalue weighted by molar-refractivity contribution is 0.180. The van der Waals surface area contributed by atoms with Gasteiger partial charge in [-0.15, -0.1) is 0 Å². The van der Waals surface area contributed by atoms with E-state index in [9.17, 15) is 0 Å². The monoisotopic (exact) mass is 210 g/mol. The Bertz CT molecular complexity index is 427. The molecular formula is C16H18. The molecule has 1 aromatic carbocycles. The van der Waals surface area contributed by atoms with E-state index in [1.165, 1.54) is 24.8 Å². The highest BCUT2D eigenvalue weighted by atomic mass is 14.6. The van der Waals surface area contributed by atoms with Gasteiger partial charge in [-0.2, -0.15) is 0 Å². The van der Waals surface area contributed by atoms with Crippen molar-refractivity contribution in [3.63, 3.8) is 0 Å². The Labute approximate surface area is 97.4 Å². The summed E-state index contributed by atoms with van der Waals surface area (Å²) in [5, 5.41) is 0. The summed E-state index contributed by atoms with van der Waals surface area (Å²) >= 11 is 0. The van der Waals surface area contributed by atoms with Gasteiger partial charge in [0.05, 0.1) is 0 Å². The van der Waals surface area contributed by atoms with Crippen LogP contribution in [0.5, 0.6) is 0 Å². The fourth-order valence-electron chi connectivity index (χ4n) is 4.45. The Kier molecular flexibility index (Phi) is 1.82. The second kappa shape index (κ2) is 3.23. The smallest absolute Gasteiger partial charge is 0.0137 e. The van der Waals surface area contributed by atoms with E-state index in [4.69, 9.17) is 0 Å². The first-order valence-electron chi connectivity index (χ1n) is 6.67. The Hall–Kier alpha value is -1.04. The highest BCUT2D eigenvalue weighted by Gasteiger charge is 2.54. The lowest BCUT2D eigenvalue weighted by atomic mass is 9.62. The van der Waals surface area contributed by atoms with Crippen molar-refractivity contribution < 1.29 is 0 Å². The van der Waals surface area contributed by atoms with Crippen LogP contribution in [0.4, 0.5) is 0 Å². The van der Waals surface area contributed by atoms with Crippen LogP contribution in [0.15, 0.2) is 35.9 Å². The summed E-state index contributed by atoms with van der Waals surface area (Å²) in [6.07, 6.45) is 8.45. The van der Waals surface area contributed by atoms with Crippen LogP contribution in [0.2, 0.25) is 0 Å². The van der Waals surface area contributed by atoms with Crippen molar-refractivity contribution in [2.75, 3.05) is 0 Å². The van der Waals surface area contributed by atoms with E-state index >= 15 is 0 Å². The van der Waals surface area contributed by atoms with Crippen molar-refractivity contribution in [3.8, 4) is 0 Å². The van der Waals surface area contributed by atoms with Crippen LogP contribution in [0.25, 0.3) is 6.08 Å². The van der Waals surface area contributed by atoms with Gasteiger partial charge < -0.3 is 0 Å². The summed E-state index contributed by atoms with van der Waals surface area (Å²) in [6, 6.07) is 10.8. The van der Waals surface area contributed by atoms with E-state index in [0.717, 1.165) is 23.7 Å². The fourth-order valence-corrected chi connectivity index (χ4v) is 4.45. The number of hydrogen-bond acceptors (Lipinski definition) is 0. The second-order valence-corrected chi connectivity index (χ2v) is 5.86. The maximum atomic E-state index is 2.46. The molecule has 4 rings (SSSR count). The summed E-state index contributed by atoms with van der Waals surface area (Å²) in [4.78, 5) is 0. The van der Waals surface area contributed by atoms with Crippen LogP contribution in [0, 0.1) is 23.7 Å². The molecule has 2 bridgehead atoms. The summed E-state index contributed by atoms with van der Waals surface area (Å²) in [6.45, 7) is 0. The first-order chi connectivity index (χ1) is 7.92. The lowest BCUT2D eigenvalue weighted by Crippen LogP contribution is -2.34. The Morgan fingerprint density at radius 3 is 2.62 bits per heavy atom. The van der Waals surface area contributed by atoms with Crippen molar-refractivity contribution in [3.05, 3.63) is 41.5 Å². The SMILES string of the molecule is C(=C1/CC2C3CCC(C3)C12)/c1ccccc1. The third kappa shape index (κ3) is 1.16. The zero-order valence-electron chi connectivity index (χ0n) is 9.60. The molecule has 0 N–H and O–H groups in total. The average molecular weight is 210 g/mol. The first kappa shape index (κ1) is 9.04. The quantitative estimate of drug-likeness (QED) is 0.653. The molecule has 82 valence electrons. The molecule has 0 spiro atoms. The third-order valence-corrected chi connectivity index (χ3v) is 5.14. The van der Waals surface area contributed by atoms with Gasteiger partial charge in [-0.1, -0.05) is 42.0 Å². The molecule has 0 heterocycles. The fraction of sp³-hybridized carbons (Fsp3) is 0.500. The molecule has 0 nitrogen and oxygen atoms in total. The van der Waals surface area contributed by atoms with Gasteiger partial charge in [-0.3, -0.25) is 0 Å². The van der Waals surface area contributed by atoms with Gasteiger partial charge in [-0.25, -0.2) is 0 Å². The largest absolute Gasteiger partial charge is 0.0656 e. The summed E-state index contributed by atoms with van der Waals surface area (Å²) in [5.74, 6) is 4.22. The van der Waals surface area contributed by atoms with Crippen LogP contribution >= 0.6 is 0 Å². The molecule has 0 radical (unpaired) electrons. The topological polar surface area (TPSA) is 0 Å². The van der Waals surface area contributed by atoms with Gasteiger partial charge in [0.15, 0.2) is 0 Å². The van der Waals surface area contributed by atoms with E-state index in [1.807, 2.05) is 0 Å². The molecule has 3 fully saturated rings. The molecule has 0 amide bonds. The molecule has 0 aliphatic heterocycles. The van der Waals surface area contributed by atoms with Crippen molar-refractivity contribution in [2.24, 2.45) is 23.7 Å². The zero-order valence-corrected chi connectivity index (χ0v) is 9.60. The number of rotatable bonds is 1. The maximum Gasteiger partial charge on any atom is -0.0137 e. The van der Waals surface area contributed by atoms with Gasteiger partial charge >= 0.3 is 0 Å². The lowest BCUT2D eigenvalue weighted by Gasteiger charge is -2.43. The van der Waals surface area contributed by atoms with Crippen LogP contribution in [-0.2, 0) is 0 Å². The minimum absolute atomic E-state index is 0.985. The third-order valence-electron chi connectivity index (χ3n) is 5.14. The van der Waals surface area contributed by atoms with E-state index in [-0.39, 0.29) is 0 Å². The Morgan fingerprint density at radius 2 is 1.81 bits per heavy atom. The van der Waals surface area contributed by atoms with Crippen molar-refractivity contribution in [1.82, 2.24) is 0 Å². The Morgan fingerprint density at radius 1 is 1.00 bits per heavy atom. The van der Waals surface area contributed by atoms with Crippen LogP contribution in [0.3, 0.4) is 0 Å². The molecule has 1 aromatic rings. The van der Waals surface area contributed by atoms with Crippen molar-refractivity contribution >= 4 is 6.08 Å². The summed E-state index contributed by atoms with van der Waals surface area (Å²) < 4.78 is 0. The van der Waals surface area contributed by atoms with Crippen LogP contribution in [0.1, 0.15) is 31.2 Å². The second-order valence-electron chi connectivity index (χ2n) is 5.86. The number of fused-ring (bicyclic) bond motifs is 5. The molecule has 16 heavy (non-hydrogen) atoms. The molecule has 0 aromatic heterocycles. The van der Waals surface area contributed by atoms with E-state index in [1.54, 1.807) is 12.0 Å². The molecular weight excluding hydrogens is 192 g/mol. The number of allylic oxidation sites excluding steroid dienone is 1. The van der Waals surface area contributed by atoms with Gasteiger partial charge in [0.25, 0.3) is 0 Å². The van der Waals surface area contributed by atoms with Gasteiger partial charge in [0.1, 0.15) is 0 Å². The van der Waals surface area contributed by atoms with Crippen LogP contribution in [-0.4, -0.2) is 0 Å². The average Bonchev–Trinajstić information content (AvgIpc) is 2.83. The highest BCUT2D eigenvalue weighted by molar-refractivity contribution is 5.56. The Balaban J connectivity index is 1.61. The van der Waals surface area contributed by atoms with Gasteiger partial charge in [0, 0.05) is 0 Å². The first-order valence-corrected chi connectivity index (χ1v) is 6.67. The molecule has 3 saturated carbocycles. The van der Waals surface area contributed by atoms with Gasteiger partial charge in [-0.05, 0) is 54.9 Å². The summed E-state index contributed by atoms with van der Waals surface area (Å²) in [7, 11) is 0. The van der Waals surface area contributed by atoms with Crippen molar-refractivity contribution in [1.29, 1.82) is 0 Å². The van der Waals surface area contributed by atoms with E-state index in [0.29, 0.717) is 0 Å². The van der Waals surface area contributed by atoms with Crippen molar-refractivity contribution in [2.45, 2.75) is 25.7 Å².